The molecule has 2 aromatic heterocycles. The van der Waals surface area contributed by atoms with Crippen molar-refractivity contribution in [1.29, 1.82) is 0 Å². The zero-order valence-corrected chi connectivity index (χ0v) is 20.4. The third-order valence-corrected chi connectivity index (χ3v) is 7.22. The number of nitrogens with zero attached hydrogens (tertiary/aromatic N) is 3. The second kappa shape index (κ2) is 8.91. The first kappa shape index (κ1) is 22.1. The molecule has 0 aliphatic carbocycles. The maximum absolute atomic E-state index is 13.4. The predicted octanol–water partition coefficient (Wildman–Crippen LogP) is 6.68. The molecular formula is C27H26N4O2S. The Bertz CT molecular complexity index is 1370. The molecule has 0 radical (unpaired) electrons. The van der Waals surface area contributed by atoms with Gasteiger partial charge in [0.2, 0.25) is 5.82 Å². The number of urea groups is 1. The number of hydrogen-bond donors (Lipinski definition) is 1. The molecule has 5 rings (SSSR count). The predicted molar refractivity (Wildman–Crippen MR) is 136 cm³/mol. The van der Waals surface area contributed by atoms with Gasteiger partial charge in [-0.15, -0.1) is 11.3 Å². The minimum atomic E-state index is -0.405. The molecule has 2 aromatic carbocycles. The maximum atomic E-state index is 13.4. The largest absolute Gasteiger partial charge is 0.334 e. The molecule has 172 valence electrons. The zero-order chi connectivity index (χ0) is 23.8. The van der Waals surface area contributed by atoms with Crippen molar-refractivity contribution in [2.45, 2.75) is 40.2 Å². The van der Waals surface area contributed by atoms with Gasteiger partial charge >= 0.3 is 6.03 Å². The highest BCUT2D eigenvalue weighted by Gasteiger charge is 2.36. The van der Waals surface area contributed by atoms with Gasteiger partial charge in [-0.3, -0.25) is 4.90 Å². The van der Waals surface area contributed by atoms with E-state index in [1.807, 2.05) is 49.6 Å². The third-order valence-electron chi connectivity index (χ3n) is 6.35. The molecule has 1 unspecified atom stereocenters. The minimum absolute atomic E-state index is 0.188. The number of amides is 2. The highest BCUT2D eigenvalue weighted by Crippen LogP contribution is 2.39. The highest BCUT2D eigenvalue weighted by atomic mass is 32.1. The van der Waals surface area contributed by atoms with Crippen LogP contribution in [0, 0.1) is 13.8 Å². The van der Waals surface area contributed by atoms with Gasteiger partial charge in [-0.2, -0.15) is 4.98 Å². The van der Waals surface area contributed by atoms with Crippen LogP contribution in [-0.2, 0) is 6.42 Å². The maximum Gasteiger partial charge on any atom is 0.326 e. The van der Waals surface area contributed by atoms with Gasteiger partial charge in [-0.25, -0.2) is 4.79 Å². The van der Waals surface area contributed by atoms with E-state index in [-0.39, 0.29) is 6.03 Å². The van der Waals surface area contributed by atoms with Gasteiger partial charge in [0, 0.05) is 5.70 Å². The number of rotatable bonds is 5. The first-order valence-corrected chi connectivity index (χ1v) is 12.2. The molecule has 34 heavy (non-hydrogen) atoms. The van der Waals surface area contributed by atoms with Crippen LogP contribution in [0.5, 0.6) is 0 Å². The van der Waals surface area contributed by atoms with E-state index in [0.717, 1.165) is 39.4 Å². The van der Waals surface area contributed by atoms with E-state index in [0.29, 0.717) is 11.7 Å². The Labute approximate surface area is 202 Å². The topological polar surface area (TPSA) is 71.3 Å². The number of anilines is 1. The second-order valence-corrected chi connectivity index (χ2v) is 9.43. The van der Waals surface area contributed by atoms with Crippen molar-refractivity contribution in [3.05, 3.63) is 93.8 Å². The summed E-state index contributed by atoms with van der Waals surface area (Å²) in [6, 6.07) is 17.6. The Hall–Kier alpha value is -3.71. The van der Waals surface area contributed by atoms with Gasteiger partial charge in [0.1, 0.15) is 0 Å². The van der Waals surface area contributed by atoms with E-state index in [1.54, 1.807) is 16.2 Å². The van der Waals surface area contributed by atoms with Gasteiger partial charge in [0.05, 0.1) is 22.2 Å². The molecule has 1 atom stereocenters. The Kier molecular flexibility index (Phi) is 5.79. The van der Waals surface area contributed by atoms with Crippen LogP contribution in [0.15, 0.2) is 70.2 Å². The van der Waals surface area contributed by atoms with Crippen molar-refractivity contribution in [3.63, 3.8) is 0 Å². The van der Waals surface area contributed by atoms with E-state index in [9.17, 15) is 4.79 Å². The third kappa shape index (κ3) is 3.92. The number of hydrogen-bond acceptors (Lipinski definition) is 5. The van der Waals surface area contributed by atoms with E-state index in [4.69, 9.17) is 9.51 Å². The summed E-state index contributed by atoms with van der Waals surface area (Å²) < 4.78 is 5.77. The van der Waals surface area contributed by atoms with Gasteiger partial charge in [-0.05, 0) is 73.0 Å². The van der Waals surface area contributed by atoms with Gasteiger partial charge in [-0.1, -0.05) is 48.5 Å². The summed E-state index contributed by atoms with van der Waals surface area (Å²) in [5.74, 6) is 0.944. The summed E-state index contributed by atoms with van der Waals surface area (Å²) in [6.07, 6.45) is 0.952. The number of thiophene rings is 1. The summed E-state index contributed by atoms with van der Waals surface area (Å²) in [5, 5.41) is 9.39. The molecule has 0 bridgehead atoms. The van der Waals surface area contributed by atoms with Gasteiger partial charge < -0.3 is 9.84 Å². The zero-order valence-electron chi connectivity index (χ0n) is 19.6. The van der Waals surface area contributed by atoms with Crippen LogP contribution in [0.4, 0.5) is 10.5 Å². The standard InChI is InChI=1S/C27H26N4O2S/c1-5-19-9-11-20(12-10-19)24-23(26-29-25(30-33-26)22-7-6-14-34-22)18(4)31(27(32)28-24)21-13-8-16(2)17(3)15-21/h6-15,24H,5H2,1-4H3,(H,28,32). The molecule has 4 aromatic rings. The van der Waals surface area contributed by atoms with Crippen LogP contribution < -0.4 is 10.2 Å². The molecule has 0 saturated heterocycles. The van der Waals surface area contributed by atoms with Crippen molar-refractivity contribution in [1.82, 2.24) is 15.5 Å². The van der Waals surface area contributed by atoms with Crippen LogP contribution in [0.2, 0.25) is 0 Å². The molecule has 1 N–H and O–H groups in total. The number of nitrogens with one attached hydrogen (secondary N) is 1. The monoisotopic (exact) mass is 470 g/mol. The first-order valence-electron chi connectivity index (χ1n) is 11.3. The lowest BCUT2D eigenvalue weighted by atomic mass is 9.93. The average Bonchev–Trinajstić information content (AvgIpc) is 3.53. The molecule has 7 heteroatoms. The number of benzene rings is 2. The molecule has 1 aliphatic heterocycles. The summed E-state index contributed by atoms with van der Waals surface area (Å²) in [5.41, 5.74) is 6.85. The second-order valence-electron chi connectivity index (χ2n) is 8.48. The fourth-order valence-electron chi connectivity index (χ4n) is 4.23. The fraction of sp³-hybridized carbons (Fsp3) is 0.222. The summed E-state index contributed by atoms with van der Waals surface area (Å²) in [7, 11) is 0. The van der Waals surface area contributed by atoms with Crippen molar-refractivity contribution in [2.24, 2.45) is 0 Å². The SMILES string of the molecule is CCc1ccc(C2NC(=O)N(c3ccc(C)c(C)c3)C(C)=C2c2nc(-c3cccs3)no2)cc1. The summed E-state index contributed by atoms with van der Waals surface area (Å²) >= 11 is 1.56. The first-order chi connectivity index (χ1) is 16.5. The Morgan fingerprint density at radius 3 is 2.53 bits per heavy atom. The molecule has 0 fully saturated rings. The lowest BCUT2D eigenvalue weighted by Crippen LogP contribution is -2.46. The van der Waals surface area contributed by atoms with Gasteiger partial charge in [0.25, 0.3) is 5.89 Å². The van der Waals surface area contributed by atoms with E-state index in [1.165, 1.54) is 11.1 Å². The number of allylic oxidation sites excluding steroid dienone is 1. The van der Waals surface area contributed by atoms with E-state index >= 15 is 0 Å². The highest BCUT2D eigenvalue weighted by molar-refractivity contribution is 7.13. The Morgan fingerprint density at radius 1 is 1.06 bits per heavy atom. The van der Waals surface area contributed by atoms with Crippen LogP contribution >= 0.6 is 11.3 Å². The quantitative estimate of drug-likeness (QED) is 0.353. The molecule has 6 nitrogen and oxygen atoms in total. The van der Waals surface area contributed by atoms with Crippen molar-refractivity contribution < 1.29 is 9.32 Å². The Morgan fingerprint density at radius 2 is 1.85 bits per heavy atom. The van der Waals surface area contributed by atoms with Crippen LogP contribution in [0.3, 0.4) is 0 Å². The molecule has 0 spiro atoms. The number of aromatic nitrogens is 2. The molecule has 0 saturated carbocycles. The van der Waals surface area contributed by atoms with Crippen LogP contribution in [-0.4, -0.2) is 16.2 Å². The van der Waals surface area contributed by atoms with Crippen molar-refractivity contribution >= 4 is 28.6 Å². The lowest BCUT2D eigenvalue weighted by Gasteiger charge is -2.35. The summed E-state index contributed by atoms with van der Waals surface area (Å²) in [6.45, 7) is 8.17. The molecule has 3 heterocycles. The van der Waals surface area contributed by atoms with E-state index in [2.05, 4.69) is 48.6 Å². The number of carbonyl (C=O) groups is 1. The van der Waals surface area contributed by atoms with E-state index < -0.39 is 6.04 Å². The minimum Gasteiger partial charge on any atom is -0.334 e. The lowest BCUT2D eigenvalue weighted by molar-refractivity contribution is 0.244. The van der Waals surface area contributed by atoms with Crippen molar-refractivity contribution in [2.75, 3.05) is 4.90 Å². The normalized spacial score (nSPS) is 16.2. The van der Waals surface area contributed by atoms with Crippen LogP contribution in [0.25, 0.3) is 16.3 Å². The molecular weight excluding hydrogens is 444 g/mol. The molecule has 1 aliphatic rings. The number of aryl methyl sites for hydroxylation is 3. The van der Waals surface area contributed by atoms with Gasteiger partial charge in [0.15, 0.2) is 0 Å². The smallest absolute Gasteiger partial charge is 0.326 e. The molecule has 2 amide bonds. The summed E-state index contributed by atoms with van der Waals surface area (Å²) in [4.78, 5) is 20.7. The number of carbonyl (C=O) groups excluding carboxylic acids is 1. The fourth-order valence-corrected chi connectivity index (χ4v) is 4.88. The Balaban J connectivity index is 1.65. The average molecular weight is 471 g/mol. The van der Waals surface area contributed by atoms with Crippen molar-refractivity contribution in [3.8, 4) is 10.7 Å². The van der Waals surface area contributed by atoms with Crippen LogP contribution in [0.1, 0.15) is 48.0 Å².